The average molecular weight is 220 g/mol. The molecule has 0 fully saturated rings. The molecule has 1 aromatic carbocycles. The van der Waals surface area contributed by atoms with E-state index in [1.807, 2.05) is 12.1 Å². The number of hydrogen-bond acceptors (Lipinski definition) is 1. The van der Waals surface area contributed by atoms with Crippen LogP contribution < -0.4 is 0 Å². The third-order valence-electron chi connectivity index (χ3n) is 3.24. The summed E-state index contributed by atoms with van der Waals surface area (Å²) in [7, 11) is 0. The number of aromatic hydroxyl groups is 1. The van der Waals surface area contributed by atoms with Gasteiger partial charge in [-0.2, -0.15) is 0 Å². The van der Waals surface area contributed by atoms with Gasteiger partial charge in [-0.15, -0.1) is 0 Å². The first-order valence-electron chi connectivity index (χ1n) is 6.56. The van der Waals surface area contributed by atoms with Crippen molar-refractivity contribution in [3.05, 3.63) is 29.8 Å². The lowest BCUT2D eigenvalue weighted by Crippen LogP contribution is -1.97. The molecule has 1 N–H and O–H groups in total. The second-order valence-corrected chi connectivity index (χ2v) is 4.55. The van der Waals surface area contributed by atoms with E-state index in [0.29, 0.717) is 11.7 Å². The molecule has 1 aromatic rings. The van der Waals surface area contributed by atoms with Crippen LogP contribution >= 0.6 is 0 Å². The summed E-state index contributed by atoms with van der Waals surface area (Å²) in [6.07, 6.45) is 7.70. The number of unbranched alkanes of at least 4 members (excludes halogenated alkanes) is 3. The fourth-order valence-electron chi connectivity index (χ4n) is 2.20. The van der Waals surface area contributed by atoms with Gasteiger partial charge in [-0.1, -0.05) is 51.7 Å². The van der Waals surface area contributed by atoms with Gasteiger partial charge in [-0.3, -0.25) is 0 Å². The van der Waals surface area contributed by atoms with Crippen molar-refractivity contribution >= 4 is 0 Å². The second-order valence-electron chi connectivity index (χ2n) is 4.55. The minimum absolute atomic E-state index is 0.393. The van der Waals surface area contributed by atoms with Crippen molar-refractivity contribution in [1.29, 1.82) is 0 Å². The van der Waals surface area contributed by atoms with Gasteiger partial charge in [0.15, 0.2) is 0 Å². The summed E-state index contributed by atoms with van der Waals surface area (Å²) in [5.74, 6) is 1.01. The molecule has 0 bridgehead atoms. The summed E-state index contributed by atoms with van der Waals surface area (Å²) >= 11 is 0. The standard InChI is InChI=1S/C15H24O/c1-3-5-6-7-9-13(4-2)14-10-8-11-15(16)12-14/h8,10-13,16H,3-7,9H2,1-2H3. The highest BCUT2D eigenvalue weighted by Crippen LogP contribution is 2.27. The van der Waals surface area contributed by atoms with E-state index in [9.17, 15) is 5.11 Å². The Morgan fingerprint density at radius 2 is 1.94 bits per heavy atom. The van der Waals surface area contributed by atoms with Crippen LogP contribution in [0.4, 0.5) is 0 Å². The average Bonchev–Trinajstić information content (AvgIpc) is 2.29. The van der Waals surface area contributed by atoms with E-state index in [1.54, 1.807) is 6.07 Å². The van der Waals surface area contributed by atoms with Crippen molar-refractivity contribution in [3.63, 3.8) is 0 Å². The van der Waals surface area contributed by atoms with Crippen molar-refractivity contribution in [2.24, 2.45) is 0 Å². The zero-order chi connectivity index (χ0) is 11.8. The molecule has 1 unspecified atom stereocenters. The Bertz CT molecular complexity index is 293. The zero-order valence-electron chi connectivity index (χ0n) is 10.6. The highest BCUT2D eigenvalue weighted by Gasteiger charge is 2.09. The summed E-state index contributed by atoms with van der Waals surface area (Å²) in [6.45, 7) is 4.47. The quantitative estimate of drug-likeness (QED) is 0.651. The van der Waals surface area contributed by atoms with Crippen molar-refractivity contribution < 1.29 is 5.11 Å². The lowest BCUT2D eigenvalue weighted by Gasteiger charge is -2.15. The lowest BCUT2D eigenvalue weighted by molar-refractivity contribution is 0.471. The molecule has 0 aliphatic heterocycles. The van der Waals surface area contributed by atoms with Gasteiger partial charge < -0.3 is 5.11 Å². The molecule has 0 aliphatic rings. The topological polar surface area (TPSA) is 20.2 Å². The molecule has 90 valence electrons. The van der Waals surface area contributed by atoms with Crippen molar-refractivity contribution in [2.45, 2.75) is 58.3 Å². The van der Waals surface area contributed by atoms with Crippen LogP contribution in [0.25, 0.3) is 0 Å². The molecule has 0 radical (unpaired) electrons. The molecule has 1 nitrogen and oxygen atoms in total. The van der Waals surface area contributed by atoms with Gasteiger partial charge in [0.25, 0.3) is 0 Å². The maximum atomic E-state index is 9.47. The van der Waals surface area contributed by atoms with E-state index in [1.165, 1.54) is 37.7 Å². The van der Waals surface area contributed by atoms with Crippen LogP contribution in [0.15, 0.2) is 24.3 Å². The first-order chi connectivity index (χ1) is 7.77. The van der Waals surface area contributed by atoms with Crippen LogP contribution in [-0.4, -0.2) is 5.11 Å². The van der Waals surface area contributed by atoms with Crippen LogP contribution in [0.3, 0.4) is 0 Å². The maximum absolute atomic E-state index is 9.47. The molecular formula is C15H24O. The monoisotopic (exact) mass is 220 g/mol. The summed E-state index contributed by atoms with van der Waals surface area (Å²) < 4.78 is 0. The fourth-order valence-corrected chi connectivity index (χ4v) is 2.20. The van der Waals surface area contributed by atoms with Crippen LogP contribution in [0.2, 0.25) is 0 Å². The molecule has 0 saturated carbocycles. The smallest absolute Gasteiger partial charge is 0.115 e. The zero-order valence-corrected chi connectivity index (χ0v) is 10.6. The summed E-state index contributed by atoms with van der Waals surface area (Å²) in [4.78, 5) is 0. The molecule has 0 amide bonds. The van der Waals surface area contributed by atoms with Gasteiger partial charge in [0.05, 0.1) is 0 Å². The van der Waals surface area contributed by atoms with Crippen LogP contribution in [0, 0.1) is 0 Å². The highest BCUT2D eigenvalue weighted by atomic mass is 16.3. The lowest BCUT2D eigenvalue weighted by atomic mass is 9.91. The van der Waals surface area contributed by atoms with Crippen molar-refractivity contribution in [2.75, 3.05) is 0 Å². The fraction of sp³-hybridized carbons (Fsp3) is 0.600. The molecule has 1 atom stereocenters. The van der Waals surface area contributed by atoms with E-state index < -0.39 is 0 Å². The van der Waals surface area contributed by atoms with Gasteiger partial charge >= 0.3 is 0 Å². The summed E-state index contributed by atoms with van der Waals surface area (Å²) in [5, 5.41) is 9.47. The van der Waals surface area contributed by atoms with Gasteiger partial charge in [-0.05, 0) is 36.5 Å². The number of rotatable bonds is 7. The molecule has 1 heteroatoms. The summed E-state index contributed by atoms with van der Waals surface area (Å²) in [5.41, 5.74) is 1.29. The van der Waals surface area contributed by atoms with Crippen molar-refractivity contribution in [3.8, 4) is 5.75 Å². The van der Waals surface area contributed by atoms with E-state index >= 15 is 0 Å². The minimum atomic E-state index is 0.393. The van der Waals surface area contributed by atoms with Gasteiger partial charge in [-0.25, -0.2) is 0 Å². The Morgan fingerprint density at radius 1 is 1.12 bits per heavy atom. The third kappa shape index (κ3) is 4.26. The van der Waals surface area contributed by atoms with Gasteiger partial charge in [0.2, 0.25) is 0 Å². The summed E-state index contributed by atoms with van der Waals surface area (Å²) in [6, 6.07) is 7.73. The second kappa shape index (κ2) is 7.32. The maximum Gasteiger partial charge on any atom is 0.115 e. The van der Waals surface area contributed by atoms with Crippen molar-refractivity contribution in [1.82, 2.24) is 0 Å². The molecule has 0 aliphatic carbocycles. The molecule has 0 saturated heterocycles. The Kier molecular flexibility index (Phi) is 5.99. The SMILES string of the molecule is CCCCCCC(CC)c1cccc(O)c1. The Hall–Kier alpha value is -0.980. The van der Waals surface area contributed by atoms with E-state index in [0.717, 1.165) is 6.42 Å². The number of hydrogen-bond donors (Lipinski definition) is 1. The molecule has 0 aromatic heterocycles. The first-order valence-corrected chi connectivity index (χ1v) is 6.56. The Balaban J connectivity index is 2.47. The molecule has 1 rings (SSSR count). The largest absolute Gasteiger partial charge is 0.508 e. The minimum Gasteiger partial charge on any atom is -0.508 e. The predicted octanol–water partition coefficient (Wildman–Crippen LogP) is 4.86. The van der Waals surface area contributed by atoms with Crippen LogP contribution in [-0.2, 0) is 0 Å². The number of phenols is 1. The normalized spacial score (nSPS) is 12.6. The number of benzene rings is 1. The Labute approximate surface area is 99.5 Å². The van der Waals surface area contributed by atoms with E-state index in [-0.39, 0.29) is 0 Å². The molecule has 0 spiro atoms. The number of phenolic OH excluding ortho intramolecular Hbond substituents is 1. The van der Waals surface area contributed by atoms with Crippen LogP contribution in [0.1, 0.15) is 63.9 Å². The molecular weight excluding hydrogens is 196 g/mol. The van der Waals surface area contributed by atoms with Crippen LogP contribution in [0.5, 0.6) is 5.75 Å². The highest BCUT2D eigenvalue weighted by molar-refractivity contribution is 5.29. The van der Waals surface area contributed by atoms with Gasteiger partial charge in [0.1, 0.15) is 5.75 Å². The van der Waals surface area contributed by atoms with E-state index in [2.05, 4.69) is 19.9 Å². The molecule has 16 heavy (non-hydrogen) atoms. The van der Waals surface area contributed by atoms with E-state index in [4.69, 9.17) is 0 Å². The molecule has 0 heterocycles. The first kappa shape index (κ1) is 13.1. The van der Waals surface area contributed by atoms with Gasteiger partial charge in [0, 0.05) is 0 Å². The third-order valence-corrected chi connectivity index (χ3v) is 3.24. The Morgan fingerprint density at radius 3 is 2.56 bits per heavy atom. The predicted molar refractivity (Wildman–Crippen MR) is 69.9 cm³/mol.